The molecule has 1 unspecified atom stereocenters. The molecule has 0 aromatic heterocycles. The number of carbonyl (C=O) groups excluding carboxylic acids is 2. The summed E-state index contributed by atoms with van der Waals surface area (Å²) >= 11 is 0. The summed E-state index contributed by atoms with van der Waals surface area (Å²) < 4.78 is 50.6. The highest BCUT2D eigenvalue weighted by Gasteiger charge is 2.32. The summed E-state index contributed by atoms with van der Waals surface area (Å²) in [5, 5.41) is 5.47. The Morgan fingerprint density at radius 3 is 2.49 bits per heavy atom. The highest BCUT2D eigenvalue weighted by molar-refractivity contribution is 6.00. The van der Waals surface area contributed by atoms with Gasteiger partial charge < -0.3 is 25.0 Å². The highest BCUT2D eigenvalue weighted by Crippen LogP contribution is 2.32. The van der Waals surface area contributed by atoms with Crippen LogP contribution in [0.15, 0.2) is 66.7 Å². The zero-order valence-corrected chi connectivity index (χ0v) is 20.3. The van der Waals surface area contributed by atoms with Crippen molar-refractivity contribution in [2.45, 2.75) is 38.7 Å². The lowest BCUT2D eigenvalue weighted by atomic mass is 10.1. The Morgan fingerprint density at radius 2 is 1.78 bits per heavy atom. The van der Waals surface area contributed by atoms with Gasteiger partial charge in [-0.05, 0) is 54.4 Å². The maximum atomic E-state index is 13.2. The van der Waals surface area contributed by atoms with Crippen LogP contribution in [0.4, 0.5) is 29.3 Å². The monoisotopic (exact) mass is 513 g/mol. The van der Waals surface area contributed by atoms with E-state index in [0.29, 0.717) is 40.4 Å². The summed E-state index contributed by atoms with van der Waals surface area (Å²) in [6.45, 7) is 1.89. The molecule has 37 heavy (non-hydrogen) atoms. The molecular weight excluding hydrogens is 487 g/mol. The zero-order chi connectivity index (χ0) is 26.6. The Kier molecular flexibility index (Phi) is 7.56. The lowest BCUT2D eigenvalue weighted by Crippen LogP contribution is -2.38. The summed E-state index contributed by atoms with van der Waals surface area (Å²) in [6.07, 6.45) is -4.87. The van der Waals surface area contributed by atoms with Gasteiger partial charge in [-0.1, -0.05) is 25.1 Å². The molecule has 4 rings (SSSR count). The minimum Gasteiger partial charge on any atom is -0.497 e. The minimum atomic E-state index is -4.48. The van der Waals surface area contributed by atoms with E-state index in [1.165, 1.54) is 18.1 Å². The van der Waals surface area contributed by atoms with Gasteiger partial charge in [-0.2, -0.15) is 13.2 Å². The second kappa shape index (κ2) is 10.8. The van der Waals surface area contributed by atoms with Crippen molar-refractivity contribution in [3.05, 3.63) is 83.4 Å². The number of hydrogen-bond acceptors (Lipinski definition) is 4. The van der Waals surface area contributed by atoms with Crippen molar-refractivity contribution in [3.8, 4) is 11.5 Å². The minimum absolute atomic E-state index is 0.0178. The number of halogens is 3. The average Bonchev–Trinajstić information content (AvgIpc) is 2.99. The number of nitrogens with zero attached hydrogens (tertiary/aromatic N) is 1. The SMILES string of the molecule is CCC1Oc2ccc(NC(=O)Nc3cccc(OC)c3)cc2CN(Cc2cccc(C(F)(F)F)c2)C1=O. The molecule has 0 radical (unpaired) electrons. The van der Waals surface area contributed by atoms with Gasteiger partial charge in [-0.25, -0.2) is 4.79 Å². The molecule has 0 aliphatic carbocycles. The summed E-state index contributed by atoms with van der Waals surface area (Å²) in [7, 11) is 1.53. The lowest BCUT2D eigenvalue weighted by Gasteiger charge is -2.23. The van der Waals surface area contributed by atoms with Crippen LogP contribution >= 0.6 is 0 Å². The first-order valence-corrected chi connectivity index (χ1v) is 11.6. The van der Waals surface area contributed by atoms with Crippen LogP contribution < -0.4 is 20.1 Å². The third-order valence-corrected chi connectivity index (χ3v) is 5.86. The molecule has 1 heterocycles. The Bertz CT molecular complexity index is 1300. The van der Waals surface area contributed by atoms with E-state index in [9.17, 15) is 22.8 Å². The quantitative estimate of drug-likeness (QED) is 0.420. The molecule has 0 saturated heterocycles. The number of alkyl halides is 3. The molecular formula is C27H26F3N3O4. The van der Waals surface area contributed by atoms with E-state index in [1.807, 2.05) is 0 Å². The van der Waals surface area contributed by atoms with E-state index in [0.717, 1.165) is 12.1 Å². The van der Waals surface area contributed by atoms with Crippen LogP contribution in [0.2, 0.25) is 0 Å². The van der Waals surface area contributed by atoms with E-state index in [1.54, 1.807) is 55.5 Å². The van der Waals surface area contributed by atoms with Gasteiger partial charge in [0.1, 0.15) is 11.5 Å². The highest BCUT2D eigenvalue weighted by atomic mass is 19.4. The van der Waals surface area contributed by atoms with Gasteiger partial charge in [0.05, 0.1) is 12.7 Å². The number of benzene rings is 3. The zero-order valence-electron chi connectivity index (χ0n) is 20.3. The van der Waals surface area contributed by atoms with Crippen LogP contribution in [-0.4, -0.2) is 30.1 Å². The molecule has 3 aromatic carbocycles. The summed E-state index contributed by atoms with van der Waals surface area (Å²) in [6, 6.07) is 16.3. The molecule has 7 nitrogen and oxygen atoms in total. The molecule has 0 spiro atoms. The van der Waals surface area contributed by atoms with Crippen LogP contribution in [0.25, 0.3) is 0 Å². The van der Waals surface area contributed by atoms with Crippen LogP contribution in [0, 0.1) is 0 Å². The fourth-order valence-electron chi connectivity index (χ4n) is 4.04. The summed E-state index contributed by atoms with van der Waals surface area (Å²) in [5.74, 6) is 0.753. The number of ether oxygens (including phenoxy) is 2. The molecule has 0 saturated carbocycles. The topological polar surface area (TPSA) is 79.9 Å². The Hall–Kier alpha value is -4.21. The number of hydrogen-bond donors (Lipinski definition) is 2. The van der Waals surface area contributed by atoms with Gasteiger partial charge in [-0.3, -0.25) is 4.79 Å². The number of rotatable bonds is 6. The molecule has 1 aliphatic heterocycles. The first kappa shape index (κ1) is 25.9. The standard InChI is InChI=1S/C27H26F3N3O4/c1-3-23-25(34)33(15-17-6-4-7-19(12-17)27(28,29)30)16-18-13-21(10-11-24(18)37-23)32-26(35)31-20-8-5-9-22(14-20)36-2/h4-14,23H,3,15-16H2,1-2H3,(H2,31,32,35). The van der Waals surface area contributed by atoms with E-state index < -0.39 is 23.9 Å². The number of anilines is 2. The summed E-state index contributed by atoms with van der Waals surface area (Å²) in [4.78, 5) is 27.1. The molecule has 3 amide bonds. The number of methoxy groups -OCH3 is 1. The van der Waals surface area contributed by atoms with E-state index in [4.69, 9.17) is 9.47 Å². The fourth-order valence-corrected chi connectivity index (χ4v) is 4.04. The Labute approximate surface area is 212 Å². The van der Waals surface area contributed by atoms with Gasteiger partial charge in [0.2, 0.25) is 0 Å². The van der Waals surface area contributed by atoms with Crippen LogP contribution in [0.5, 0.6) is 11.5 Å². The summed E-state index contributed by atoms with van der Waals surface area (Å²) in [5.41, 5.74) is 1.20. The number of nitrogens with one attached hydrogen (secondary N) is 2. The second-order valence-corrected chi connectivity index (χ2v) is 8.54. The van der Waals surface area contributed by atoms with Crippen molar-refractivity contribution in [1.29, 1.82) is 0 Å². The molecule has 0 fully saturated rings. The maximum absolute atomic E-state index is 13.2. The molecule has 1 aliphatic rings. The molecule has 3 aromatic rings. The van der Waals surface area contributed by atoms with Crippen molar-refractivity contribution in [2.24, 2.45) is 0 Å². The van der Waals surface area contributed by atoms with Crippen molar-refractivity contribution in [2.75, 3.05) is 17.7 Å². The predicted molar refractivity (Wildman–Crippen MR) is 132 cm³/mol. The van der Waals surface area contributed by atoms with E-state index in [2.05, 4.69) is 10.6 Å². The first-order chi connectivity index (χ1) is 17.7. The van der Waals surface area contributed by atoms with E-state index in [-0.39, 0.29) is 19.0 Å². The largest absolute Gasteiger partial charge is 0.497 e. The van der Waals surface area contributed by atoms with Gasteiger partial charge in [0, 0.05) is 36.1 Å². The number of amides is 3. The molecule has 0 bridgehead atoms. The number of urea groups is 1. The van der Waals surface area contributed by atoms with Crippen molar-refractivity contribution < 1.29 is 32.2 Å². The lowest BCUT2D eigenvalue weighted by molar-refractivity contribution is -0.139. The van der Waals surface area contributed by atoms with Gasteiger partial charge >= 0.3 is 12.2 Å². The van der Waals surface area contributed by atoms with Gasteiger partial charge in [0.25, 0.3) is 5.91 Å². The Balaban J connectivity index is 1.53. The molecule has 10 heteroatoms. The van der Waals surface area contributed by atoms with Crippen molar-refractivity contribution in [1.82, 2.24) is 4.90 Å². The maximum Gasteiger partial charge on any atom is 0.416 e. The predicted octanol–water partition coefficient (Wildman–Crippen LogP) is 6.06. The average molecular weight is 514 g/mol. The van der Waals surface area contributed by atoms with Crippen LogP contribution in [0.1, 0.15) is 30.0 Å². The van der Waals surface area contributed by atoms with Gasteiger partial charge in [0.15, 0.2) is 6.10 Å². The van der Waals surface area contributed by atoms with Crippen molar-refractivity contribution in [3.63, 3.8) is 0 Å². The van der Waals surface area contributed by atoms with E-state index >= 15 is 0 Å². The first-order valence-electron chi connectivity index (χ1n) is 11.6. The molecule has 194 valence electrons. The number of carbonyl (C=O) groups is 2. The van der Waals surface area contributed by atoms with Gasteiger partial charge in [-0.15, -0.1) is 0 Å². The third kappa shape index (κ3) is 6.32. The normalized spacial score (nSPS) is 15.3. The van der Waals surface area contributed by atoms with Crippen LogP contribution in [-0.2, 0) is 24.1 Å². The third-order valence-electron chi connectivity index (χ3n) is 5.86. The molecule has 2 N–H and O–H groups in total. The molecule has 1 atom stereocenters. The van der Waals surface area contributed by atoms with Crippen molar-refractivity contribution >= 4 is 23.3 Å². The fraction of sp³-hybridized carbons (Fsp3) is 0.259. The second-order valence-electron chi connectivity index (χ2n) is 8.54. The number of fused-ring (bicyclic) bond motifs is 1. The Morgan fingerprint density at radius 1 is 1.05 bits per heavy atom. The smallest absolute Gasteiger partial charge is 0.416 e. The van der Waals surface area contributed by atoms with Crippen LogP contribution in [0.3, 0.4) is 0 Å².